The molecule has 0 unspecified atom stereocenters. The Balaban J connectivity index is 1.97. The molecule has 0 fully saturated rings. The maximum atomic E-state index is 13.2. The Bertz CT molecular complexity index is 1130. The van der Waals surface area contributed by atoms with E-state index in [4.69, 9.17) is 4.74 Å². The lowest BCUT2D eigenvalue weighted by Gasteiger charge is -2.33. The first-order valence-electron chi connectivity index (χ1n) is 11.8. The monoisotopic (exact) mass is 503 g/mol. The van der Waals surface area contributed by atoms with E-state index in [9.17, 15) is 18.3 Å². The summed E-state index contributed by atoms with van der Waals surface area (Å²) in [6.07, 6.45) is -0.373. The minimum atomic E-state index is -3.72. The van der Waals surface area contributed by atoms with Crippen molar-refractivity contribution in [3.05, 3.63) is 53.6 Å². The second-order valence-corrected chi connectivity index (χ2v) is 11.7. The number of ether oxygens (including phenoxy) is 1. The minimum absolute atomic E-state index is 0.0968. The van der Waals surface area contributed by atoms with E-state index in [1.165, 1.54) is 4.31 Å². The molecule has 3 atom stereocenters. The summed E-state index contributed by atoms with van der Waals surface area (Å²) in [5.41, 5.74) is 2.65. The van der Waals surface area contributed by atoms with E-state index in [1.54, 1.807) is 36.2 Å². The highest BCUT2D eigenvalue weighted by molar-refractivity contribution is 7.89. The summed E-state index contributed by atoms with van der Waals surface area (Å²) in [5, 5.41) is 9.78. The van der Waals surface area contributed by atoms with Crippen LogP contribution in [0.1, 0.15) is 25.0 Å². The summed E-state index contributed by atoms with van der Waals surface area (Å²) in [6, 6.07) is 12.1. The summed E-state index contributed by atoms with van der Waals surface area (Å²) in [7, 11) is 1.68. The van der Waals surface area contributed by atoms with Gasteiger partial charge in [-0.1, -0.05) is 24.6 Å². The van der Waals surface area contributed by atoms with Crippen molar-refractivity contribution < 1.29 is 23.1 Å². The molecule has 192 valence electrons. The predicted octanol–water partition coefficient (Wildman–Crippen LogP) is 2.53. The molecule has 0 aliphatic carbocycles. The number of anilines is 1. The third-order valence-corrected chi connectivity index (χ3v) is 8.42. The van der Waals surface area contributed by atoms with Gasteiger partial charge in [-0.15, -0.1) is 0 Å². The van der Waals surface area contributed by atoms with Crippen LogP contribution >= 0.6 is 0 Å². The zero-order valence-electron chi connectivity index (χ0n) is 21.4. The fourth-order valence-electron chi connectivity index (χ4n) is 4.15. The van der Waals surface area contributed by atoms with Crippen molar-refractivity contribution in [3.63, 3.8) is 0 Å². The lowest BCUT2D eigenvalue weighted by atomic mass is 10.0. The van der Waals surface area contributed by atoms with E-state index < -0.39 is 16.1 Å². The topological polar surface area (TPSA) is 90.4 Å². The first-order valence-corrected chi connectivity index (χ1v) is 13.3. The summed E-state index contributed by atoms with van der Waals surface area (Å²) in [4.78, 5) is 17.1. The van der Waals surface area contributed by atoms with Gasteiger partial charge in [-0.2, -0.15) is 4.31 Å². The normalized spacial score (nSPS) is 19.9. The maximum absolute atomic E-state index is 13.2. The Kier molecular flexibility index (Phi) is 8.46. The fourth-order valence-corrected chi connectivity index (χ4v) is 5.34. The van der Waals surface area contributed by atoms with Crippen molar-refractivity contribution in [1.29, 1.82) is 0 Å². The van der Waals surface area contributed by atoms with E-state index in [0.29, 0.717) is 12.3 Å². The van der Waals surface area contributed by atoms with Crippen molar-refractivity contribution in [2.24, 2.45) is 5.92 Å². The Hall–Kier alpha value is -2.62. The van der Waals surface area contributed by atoms with Gasteiger partial charge < -0.3 is 19.6 Å². The van der Waals surface area contributed by atoms with Gasteiger partial charge in [0.2, 0.25) is 15.9 Å². The van der Waals surface area contributed by atoms with Gasteiger partial charge in [0, 0.05) is 44.9 Å². The molecule has 8 nitrogen and oxygen atoms in total. The van der Waals surface area contributed by atoms with Gasteiger partial charge in [-0.3, -0.25) is 4.79 Å². The molecular formula is C26H37N3O5S. The highest BCUT2D eigenvalue weighted by Gasteiger charge is 2.33. The molecule has 1 aliphatic rings. The maximum Gasteiger partial charge on any atom is 0.242 e. The molecule has 1 N–H and O–H groups in total. The van der Waals surface area contributed by atoms with Crippen LogP contribution in [-0.4, -0.2) is 81.6 Å². The number of amides is 1. The largest absolute Gasteiger partial charge is 0.488 e. The molecule has 0 radical (unpaired) electrons. The van der Waals surface area contributed by atoms with Gasteiger partial charge in [-0.25, -0.2) is 8.42 Å². The quantitative estimate of drug-likeness (QED) is 0.625. The summed E-state index contributed by atoms with van der Waals surface area (Å²) < 4.78 is 34.2. The average Bonchev–Trinajstić information content (AvgIpc) is 2.86. The molecule has 2 aromatic rings. The molecule has 1 aliphatic heterocycles. The van der Waals surface area contributed by atoms with E-state index in [2.05, 4.69) is 0 Å². The van der Waals surface area contributed by atoms with Crippen LogP contribution in [0, 0.1) is 12.8 Å². The van der Waals surface area contributed by atoms with Gasteiger partial charge in [-0.05, 0) is 44.2 Å². The predicted molar refractivity (Wildman–Crippen MR) is 137 cm³/mol. The molecule has 2 aromatic carbocycles. The first kappa shape index (κ1) is 27.0. The molecule has 0 saturated carbocycles. The number of rotatable bonds is 7. The van der Waals surface area contributed by atoms with Gasteiger partial charge in [0.25, 0.3) is 0 Å². The standard InChI is InChI=1S/C26H37N3O5S/c1-18-7-10-23(11-8-18)35(32,33)28(6)16-25-19(2)15-29(20(3)17-30)26(31)14-21-13-22(27(4)5)9-12-24(21)34-25/h7-13,19-20,25,30H,14-17H2,1-6H3/t19-,20+,25-/m0/s1. The van der Waals surface area contributed by atoms with Crippen LogP contribution in [0.5, 0.6) is 5.75 Å². The van der Waals surface area contributed by atoms with Crippen molar-refractivity contribution in [3.8, 4) is 5.75 Å². The minimum Gasteiger partial charge on any atom is -0.488 e. The van der Waals surface area contributed by atoms with Crippen molar-refractivity contribution >= 4 is 21.6 Å². The van der Waals surface area contributed by atoms with E-state index in [0.717, 1.165) is 16.8 Å². The van der Waals surface area contributed by atoms with E-state index >= 15 is 0 Å². The Morgan fingerprint density at radius 2 is 1.80 bits per heavy atom. The van der Waals surface area contributed by atoms with Crippen LogP contribution in [0.4, 0.5) is 5.69 Å². The molecule has 1 heterocycles. The second kappa shape index (κ2) is 11.0. The van der Waals surface area contributed by atoms with Crippen LogP contribution in [0.2, 0.25) is 0 Å². The Morgan fingerprint density at radius 1 is 1.14 bits per heavy atom. The summed E-state index contributed by atoms with van der Waals surface area (Å²) >= 11 is 0. The molecule has 3 rings (SSSR count). The lowest BCUT2D eigenvalue weighted by molar-refractivity contribution is -0.134. The number of aliphatic hydroxyl groups is 1. The number of benzene rings is 2. The molecule has 0 saturated heterocycles. The Morgan fingerprint density at radius 3 is 2.40 bits per heavy atom. The third kappa shape index (κ3) is 6.15. The number of fused-ring (bicyclic) bond motifs is 1. The number of carbonyl (C=O) groups excluding carboxylic acids is 1. The van der Waals surface area contributed by atoms with E-state index in [1.807, 2.05) is 58.0 Å². The van der Waals surface area contributed by atoms with Gasteiger partial charge >= 0.3 is 0 Å². The lowest BCUT2D eigenvalue weighted by Crippen LogP contribution is -2.48. The molecule has 35 heavy (non-hydrogen) atoms. The molecule has 0 bridgehead atoms. The molecule has 0 spiro atoms. The molecule has 0 aromatic heterocycles. The highest BCUT2D eigenvalue weighted by Crippen LogP contribution is 2.30. The van der Waals surface area contributed by atoms with Crippen LogP contribution in [-0.2, 0) is 21.2 Å². The number of aryl methyl sites for hydroxylation is 1. The van der Waals surface area contributed by atoms with Gasteiger partial charge in [0.05, 0.1) is 30.5 Å². The zero-order valence-corrected chi connectivity index (χ0v) is 22.2. The number of aliphatic hydroxyl groups excluding tert-OH is 1. The summed E-state index contributed by atoms with van der Waals surface area (Å²) in [5.74, 6) is 0.281. The van der Waals surface area contributed by atoms with Crippen LogP contribution in [0.3, 0.4) is 0 Å². The number of hydrogen-bond acceptors (Lipinski definition) is 6. The highest BCUT2D eigenvalue weighted by atomic mass is 32.2. The second-order valence-electron chi connectivity index (χ2n) is 9.67. The van der Waals surface area contributed by atoms with Crippen molar-refractivity contribution in [2.45, 2.75) is 44.2 Å². The van der Waals surface area contributed by atoms with Crippen LogP contribution in [0.15, 0.2) is 47.4 Å². The number of nitrogens with zero attached hydrogens (tertiary/aromatic N) is 3. The van der Waals surface area contributed by atoms with Crippen molar-refractivity contribution in [2.75, 3.05) is 45.7 Å². The fraction of sp³-hybridized carbons (Fsp3) is 0.500. The number of hydrogen-bond donors (Lipinski definition) is 1. The van der Waals surface area contributed by atoms with Crippen LogP contribution in [0.25, 0.3) is 0 Å². The molecule has 1 amide bonds. The van der Waals surface area contributed by atoms with Crippen molar-refractivity contribution in [1.82, 2.24) is 9.21 Å². The number of sulfonamides is 1. The first-order chi connectivity index (χ1) is 16.4. The van der Waals surface area contributed by atoms with Crippen LogP contribution < -0.4 is 9.64 Å². The van der Waals surface area contributed by atoms with Gasteiger partial charge in [0.15, 0.2) is 0 Å². The third-order valence-electron chi connectivity index (χ3n) is 6.58. The average molecular weight is 504 g/mol. The van der Waals surface area contributed by atoms with E-state index in [-0.39, 0.29) is 42.3 Å². The Labute approximate surface area is 209 Å². The number of likely N-dealkylation sites (N-methyl/N-ethyl adjacent to an activating group) is 1. The molecular weight excluding hydrogens is 466 g/mol. The molecule has 9 heteroatoms. The SMILES string of the molecule is Cc1ccc(S(=O)(=O)N(C)C[C@@H]2Oc3ccc(N(C)C)cc3CC(=O)N([C@H](C)CO)C[C@@H]2C)cc1. The van der Waals surface area contributed by atoms with Gasteiger partial charge in [0.1, 0.15) is 11.9 Å². The smallest absolute Gasteiger partial charge is 0.242 e. The number of carbonyl (C=O) groups is 1. The zero-order chi connectivity index (χ0) is 25.9. The summed E-state index contributed by atoms with van der Waals surface area (Å²) in [6.45, 7) is 5.97.